The number of fused-ring (bicyclic) bond motifs is 2. The van der Waals surface area contributed by atoms with Gasteiger partial charge in [-0.25, -0.2) is 14.1 Å². The lowest BCUT2D eigenvalue weighted by molar-refractivity contribution is -0.187. The lowest BCUT2D eigenvalue weighted by Gasteiger charge is -2.31. The Bertz CT molecular complexity index is 1570. The number of carbonyl (C=O) groups excluding carboxylic acids is 4. The van der Waals surface area contributed by atoms with Crippen molar-refractivity contribution in [1.82, 2.24) is 19.6 Å². The predicted molar refractivity (Wildman–Crippen MR) is 138 cm³/mol. The van der Waals surface area contributed by atoms with E-state index < -0.39 is 60.5 Å². The lowest BCUT2D eigenvalue weighted by Crippen LogP contribution is -2.51. The summed E-state index contributed by atoms with van der Waals surface area (Å²) < 4.78 is 61.2. The number of amides is 4. The van der Waals surface area contributed by atoms with E-state index in [4.69, 9.17) is 4.74 Å². The predicted octanol–water partition coefficient (Wildman–Crippen LogP) is 3.91. The molecule has 1 fully saturated rings. The molecule has 2 atom stereocenters. The minimum Gasteiger partial charge on any atom is -0.427 e. The van der Waals surface area contributed by atoms with E-state index in [1.807, 2.05) is 0 Å². The van der Waals surface area contributed by atoms with E-state index >= 15 is 0 Å². The number of hydrogen-bond acceptors (Lipinski definition) is 6. The molecule has 5 rings (SSSR count). The van der Waals surface area contributed by atoms with E-state index in [9.17, 15) is 36.7 Å². The SMILES string of the molecule is C[C@H](N(Cc1ccc(F)cc1)C(=O)CN1C(=O)O[C@@]2(CCc3cc(NC(=O)c4cnn(C)c4)ccc32)C1=O)C(F)(F)F. The second-order valence-electron chi connectivity index (χ2n) is 10.2. The molecule has 2 aromatic carbocycles. The Morgan fingerprint density at radius 1 is 1.17 bits per heavy atom. The third-order valence-electron chi connectivity index (χ3n) is 7.41. The molecular weight excluding hydrogens is 562 g/mol. The first kappa shape index (κ1) is 28.8. The monoisotopic (exact) mass is 587 g/mol. The molecule has 1 N–H and O–H groups in total. The van der Waals surface area contributed by atoms with Gasteiger partial charge in [0.05, 0.1) is 11.8 Å². The summed E-state index contributed by atoms with van der Waals surface area (Å²) in [6, 6.07) is 7.03. The fraction of sp³-hybridized carbons (Fsp3) is 0.321. The summed E-state index contributed by atoms with van der Waals surface area (Å²) in [6.45, 7) is -0.723. The van der Waals surface area contributed by atoms with Crippen molar-refractivity contribution in [1.29, 1.82) is 0 Å². The lowest BCUT2D eigenvalue weighted by atomic mass is 9.94. The number of aryl methyl sites for hydroxylation is 2. The molecule has 1 spiro atoms. The largest absolute Gasteiger partial charge is 0.427 e. The number of aromatic nitrogens is 2. The summed E-state index contributed by atoms with van der Waals surface area (Å²) in [4.78, 5) is 53.0. The van der Waals surface area contributed by atoms with Crippen LogP contribution < -0.4 is 5.32 Å². The highest BCUT2D eigenvalue weighted by molar-refractivity contribution is 6.07. The van der Waals surface area contributed by atoms with Gasteiger partial charge in [-0.05, 0) is 48.7 Å². The average molecular weight is 588 g/mol. The molecule has 42 heavy (non-hydrogen) atoms. The van der Waals surface area contributed by atoms with Crippen LogP contribution in [0.2, 0.25) is 0 Å². The normalized spacial score (nSPS) is 18.7. The highest BCUT2D eigenvalue weighted by Gasteiger charge is 2.58. The third kappa shape index (κ3) is 5.31. The zero-order valence-corrected chi connectivity index (χ0v) is 22.4. The molecule has 14 heteroatoms. The first-order valence-electron chi connectivity index (χ1n) is 12.9. The van der Waals surface area contributed by atoms with Gasteiger partial charge in [0.15, 0.2) is 0 Å². The van der Waals surface area contributed by atoms with Crippen molar-refractivity contribution in [2.45, 2.75) is 44.1 Å². The van der Waals surface area contributed by atoms with Crippen molar-refractivity contribution in [3.63, 3.8) is 0 Å². The van der Waals surface area contributed by atoms with Gasteiger partial charge in [-0.3, -0.25) is 19.1 Å². The number of nitrogens with one attached hydrogen (secondary N) is 1. The summed E-state index contributed by atoms with van der Waals surface area (Å²) in [6.07, 6.45) is -2.66. The van der Waals surface area contributed by atoms with Gasteiger partial charge in [-0.1, -0.05) is 18.2 Å². The van der Waals surface area contributed by atoms with Gasteiger partial charge in [0.2, 0.25) is 11.5 Å². The summed E-state index contributed by atoms with van der Waals surface area (Å²) >= 11 is 0. The average Bonchev–Trinajstić information content (AvgIpc) is 3.60. The molecule has 0 radical (unpaired) electrons. The number of imide groups is 1. The number of anilines is 1. The zero-order chi connectivity index (χ0) is 30.4. The third-order valence-corrected chi connectivity index (χ3v) is 7.41. The summed E-state index contributed by atoms with van der Waals surface area (Å²) in [5.41, 5.74) is 0.238. The molecule has 1 aliphatic heterocycles. The summed E-state index contributed by atoms with van der Waals surface area (Å²) in [7, 11) is 1.67. The van der Waals surface area contributed by atoms with Gasteiger partial charge in [0, 0.05) is 37.5 Å². The molecule has 10 nitrogen and oxygen atoms in total. The highest BCUT2D eigenvalue weighted by atomic mass is 19.4. The summed E-state index contributed by atoms with van der Waals surface area (Å²) in [5, 5.41) is 6.69. The first-order chi connectivity index (χ1) is 19.8. The quantitative estimate of drug-likeness (QED) is 0.420. The molecule has 1 saturated heterocycles. The van der Waals surface area contributed by atoms with Crippen LogP contribution in [0.1, 0.15) is 40.4 Å². The van der Waals surface area contributed by atoms with Gasteiger partial charge < -0.3 is 15.0 Å². The zero-order valence-electron chi connectivity index (χ0n) is 22.4. The molecule has 0 unspecified atom stereocenters. The molecule has 1 aliphatic carbocycles. The molecule has 0 bridgehead atoms. The van der Waals surface area contributed by atoms with Crippen molar-refractivity contribution in [3.05, 3.63) is 82.9 Å². The van der Waals surface area contributed by atoms with E-state index in [0.29, 0.717) is 38.6 Å². The number of carbonyl (C=O) groups is 4. The second kappa shape index (κ2) is 10.6. The van der Waals surface area contributed by atoms with Crippen molar-refractivity contribution in [2.24, 2.45) is 7.05 Å². The first-order valence-corrected chi connectivity index (χ1v) is 12.9. The van der Waals surface area contributed by atoms with Gasteiger partial charge in [0.1, 0.15) is 18.4 Å². The highest BCUT2D eigenvalue weighted by Crippen LogP contribution is 2.46. The fourth-order valence-electron chi connectivity index (χ4n) is 5.10. The van der Waals surface area contributed by atoms with E-state index in [1.165, 1.54) is 35.1 Å². The number of ether oxygens (including phenoxy) is 1. The van der Waals surface area contributed by atoms with Gasteiger partial charge >= 0.3 is 12.3 Å². The number of benzene rings is 2. The van der Waals surface area contributed by atoms with Gasteiger partial charge in [0.25, 0.3) is 11.8 Å². The maximum absolute atomic E-state index is 13.7. The van der Waals surface area contributed by atoms with E-state index in [0.717, 1.165) is 19.1 Å². The Hall–Kier alpha value is -4.75. The number of alkyl halides is 3. The van der Waals surface area contributed by atoms with Crippen LogP contribution in [0.5, 0.6) is 0 Å². The van der Waals surface area contributed by atoms with Gasteiger partial charge in [-0.2, -0.15) is 18.3 Å². The fourth-order valence-corrected chi connectivity index (χ4v) is 5.10. The molecule has 4 amide bonds. The Balaban J connectivity index is 1.34. The number of rotatable bonds is 7. The molecule has 2 heterocycles. The molecule has 220 valence electrons. The van der Waals surface area contributed by atoms with Crippen LogP contribution in [-0.4, -0.2) is 62.2 Å². The molecule has 2 aliphatic rings. The smallest absolute Gasteiger partial charge is 0.418 e. The van der Waals surface area contributed by atoms with Crippen LogP contribution in [-0.2, 0) is 39.9 Å². The number of halogens is 4. The Morgan fingerprint density at radius 3 is 2.52 bits per heavy atom. The Kier molecular flexibility index (Phi) is 7.25. The molecule has 0 saturated carbocycles. The molecular formula is C28H25F4N5O5. The van der Waals surface area contributed by atoms with E-state index in [-0.39, 0.29) is 12.0 Å². The Labute approximate surface area is 236 Å². The van der Waals surface area contributed by atoms with Crippen LogP contribution >= 0.6 is 0 Å². The number of hydrogen-bond donors (Lipinski definition) is 1. The van der Waals surface area contributed by atoms with Crippen molar-refractivity contribution >= 4 is 29.5 Å². The number of nitrogens with zero attached hydrogens (tertiary/aromatic N) is 4. The standard InChI is InChI=1S/C28H25F4N5O5/c1-16(28(30,31)32)36(13-17-3-5-20(29)6-4-17)23(38)15-37-25(40)27(42-26(37)41)10-9-18-11-21(7-8-22(18)27)34-24(39)19-12-33-35(2)14-19/h3-8,11-12,14,16H,9-10,13,15H2,1-2H3,(H,34,39)/t16-,27+/m0/s1. The van der Waals surface area contributed by atoms with Gasteiger partial charge in [-0.15, -0.1) is 0 Å². The maximum Gasteiger partial charge on any atom is 0.418 e. The van der Waals surface area contributed by atoms with Crippen LogP contribution in [0.3, 0.4) is 0 Å². The van der Waals surface area contributed by atoms with Crippen LogP contribution in [0, 0.1) is 5.82 Å². The van der Waals surface area contributed by atoms with Crippen molar-refractivity contribution in [2.75, 3.05) is 11.9 Å². The Morgan fingerprint density at radius 2 is 1.88 bits per heavy atom. The maximum atomic E-state index is 13.7. The second-order valence-corrected chi connectivity index (χ2v) is 10.2. The van der Waals surface area contributed by atoms with Crippen LogP contribution in [0.4, 0.5) is 28.0 Å². The summed E-state index contributed by atoms with van der Waals surface area (Å²) in [5.74, 6) is -3.01. The van der Waals surface area contributed by atoms with Crippen molar-refractivity contribution < 1.29 is 41.5 Å². The minimum atomic E-state index is -4.80. The minimum absolute atomic E-state index is 0.0514. The molecule has 3 aromatic rings. The van der Waals surface area contributed by atoms with E-state index in [1.54, 1.807) is 19.3 Å². The van der Waals surface area contributed by atoms with E-state index in [2.05, 4.69) is 10.4 Å². The van der Waals surface area contributed by atoms with Crippen LogP contribution in [0.25, 0.3) is 0 Å². The topological polar surface area (TPSA) is 114 Å². The molecule has 1 aromatic heterocycles. The van der Waals surface area contributed by atoms with Crippen LogP contribution in [0.15, 0.2) is 54.9 Å². The van der Waals surface area contributed by atoms with Crippen molar-refractivity contribution in [3.8, 4) is 0 Å².